The second-order valence-corrected chi connectivity index (χ2v) is 10.0. The topological polar surface area (TPSA) is 141 Å². The maximum Gasteiger partial charge on any atom is 0.305 e. The highest BCUT2D eigenvalue weighted by Crippen LogP contribution is 2.23. The molecule has 0 fully saturated rings. The lowest BCUT2D eigenvalue weighted by molar-refractivity contribution is -0.136. The van der Waals surface area contributed by atoms with Gasteiger partial charge >= 0.3 is 5.97 Å². The van der Waals surface area contributed by atoms with Crippen molar-refractivity contribution >= 4 is 28.7 Å². The molecule has 1 atom stereocenters. The molecule has 4 rings (SSSR count). The summed E-state index contributed by atoms with van der Waals surface area (Å²) in [7, 11) is 0. The number of carboxylic acids is 1. The highest BCUT2D eigenvalue weighted by atomic mass is 16.5. The number of nitrogens with one attached hydrogen (secondary N) is 3. The normalized spacial score (nSPS) is 11.4. The number of hydrogen-bond donors (Lipinski definition) is 5. The summed E-state index contributed by atoms with van der Waals surface area (Å²) in [5, 5.41) is 25.3. The molecule has 42 heavy (non-hydrogen) atoms. The van der Waals surface area contributed by atoms with Crippen LogP contribution in [0.1, 0.15) is 57.7 Å². The van der Waals surface area contributed by atoms with Crippen molar-refractivity contribution in [3.8, 4) is 17.6 Å². The van der Waals surface area contributed by atoms with Crippen LogP contribution in [0.5, 0.6) is 5.75 Å². The standard InChI is InChI=1S/C33H33N3O6/c1-21(2)42-30-14-11-23(8-7-22-9-12-24(13-10-22)32(40)34-16-15-31(38)39)17-28(30)33(41)36-26(20-37)18-25-19-35-29-6-4-3-5-27(25)29/h3-6,9-14,17,19,21,26,35,37H,15-16,18,20H2,1-2H3,(H,34,40)(H,36,41)(H,38,39)/t26-/m1/s1. The first-order valence-electron chi connectivity index (χ1n) is 13.6. The van der Waals surface area contributed by atoms with E-state index in [1.807, 2.05) is 44.3 Å². The van der Waals surface area contributed by atoms with Gasteiger partial charge in [-0.25, -0.2) is 0 Å². The molecule has 3 aromatic carbocycles. The molecule has 0 aliphatic carbocycles. The van der Waals surface area contributed by atoms with Crippen LogP contribution in [0.3, 0.4) is 0 Å². The van der Waals surface area contributed by atoms with Crippen molar-refractivity contribution in [2.75, 3.05) is 13.2 Å². The Kier molecular flexibility index (Phi) is 9.98. The van der Waals surface area contributed by atoms with Gasteiger partial charge in [0.2, 0.25) is 0 Å². The molecule has 0 saturated carbocycles. The number of aromatic amines is 1. The number of aliphatic carboxylic acids is 1. The van der Waals surface area contributed by atoms with Crippen molar-refractivity contribution in [3.05, 3.63) is 101 Å². The lowest BCUT2D eigenvalue weighted by Gasteiger charge is -2.19. The van der Waals surface area contributed by atoms with Gasteiger partial charge in [-0.05, 0) is 74.4 Å². The second kappa shape index (κ2) is 14.0. The van der Waals surface area contributed by atoms with E-state index >= 15 is 0 Å². The van der Waals surface area contributed by atoms with Crippen molar-refractivity contribution in [3.63, 3.8) is 0 Å². The molecular weight excluding hydrogens is 534 g/mol. The maximum absolute atomic E-state index is 13.4. The fraction of sp³-hybridized carbons (Fsp3) is 0.242. The number of rotatable bonds is 11. The number of aromatic nitrogens is 1. The predicted octanol–water partition coefficient (Wildman–Crippen LogP) is 3.89. The number of para-hydroxylation sites is 1. The summed E-state index contributed by atoms with van der Waals surface area (Å²) in [5.41, 5.74) is 3.93. The van der Waals surface area contributed by atoms with Crippen molar-refractivity contribution in [1.29, 1.82) is 0 Å². The van der Waals surface area contributed by atoms with Gasteiger partial charge in [-0.3, -0.25) is 14.4 Å². The van der Waals surface area contributed by atoms with Gasteiger partial charge in [0.25, 0.3) is 11.8 Å². The molecular formula is C33H33N3O6. The molecule has 0 radical (unpaired) electrons. The van der Waals surface area contributed by atoms with E-state index < -0.39 is 12.0 Å². The average Bonchev–Trinajstić information content (AvgIpc) is 3.38. The third-order valence-electron chi connectivity index (χ3n) is 6.41. The minimum atomic E-state index is -0.982. The summed E-state index contributed by atoms with van der Waals surface area (Å²) in [5.74, 6) is 4.77. The van der Waals surface area contributed by atoms with Gasteiger partial charge < -0.3 is 30.6 Å². The number of benzene rings is 3. The first-order chi connectivity index (χ1) is 20.2. The van der Waals surface area contributed by atoms with E-state index in [1.165, 1.54) is 0 Å². The molecule has 0 saturated heterocycles. The summed E-state index contributed by atoms with van der Waals surface area (Å²) in [4.78, 5) is 39.4. The zero-order valence-electron chi connectivity index (χ0n) is 23.4. The average molecular weight is 568 g/mol. The van der Waals surface area contributed by atoms with Crippen LogP contribution >= 0.6 is 0 Å². The third-order valence-corrected chi connectivity index (χ3v) is 6.41. The summed E-state index contributed by atoms with van der Waals surface area (Å²) in [6.45, 7) is 3.56. The molecule has 2 amide bonds. The zero-order chi connectivity index (χ0) is 30.1. The van der Waals surface area contributed by atoms with Crippen molar-refractivity contribution in [1.82, 2.24) is 15.6 Å². The van der Waals surface area contributed by atoms with E-state index in [0.717, 1.165) is 16.5 Å². The fourth-order valence-electron chi connectivity index (χ4n) is 4.37. The largest absolute Gasteiger partial charge is 0.490 e. The number of carbonyl (C=O) groups is 3. The van der Waals surface area contributed by atoms with Crippen LogP contribution in [0.25, 0.3) is 10.9 Å². The van der Waals surface area contributed by atoms with Crippen LogP contribution in [0.15, 0.2) is 72.9 Å². The Morgan fingerprint density at radius 3 is 2.38 bits per heavy atom. The molecule has 9 nitrogen and oxygen atoms in total. The third kappa shape index (κ3) is 7.99. The Labute approximate surface area is 243 Å². The van der Waals surface area contributed by atoms with Crippen LogP contribution in [-0.2, 0) is 11.2 Å². The quantitative estimate of drug-likeness (QED) is 0.174. The summed E-state index contributed by atoms with van der Waals surface area (Å²) in [6.07, 6.45) is 2.02. The maximum atomic E-state index is 13.4. The van der Waals surface area contributed by atoms with E-state index in [9.17, 15) is 19.5 Å². The van der Waals surface area contributed by atoms with Crippen molar-refractivity contribution < 1.29 is 29.3 Å². The molecule has 1 aromatic heterocycles. The second-order valence-electron chi connectivity index (χ2n) is 10.0. The molecule has 0 unspecified atom stereocenters. The van der Waals surface area contributed by atoms with Crippen molar-refractivity contribution in [2.24, 2.45) is 0 Å². The van der Waals surface area contributed by atoms with E-state index in [4.69, 9.17) is 9.84 Å². The number of carbonyl (C=O) groups excluding carboxylic acids is 2. The van der Waals surface area contributed by atoms with Crippen LogP contribution in [0.4, 0.5) is 0 Å². The van der Waals surface area contributed by atoms with Gasteiger partial charge in [0.1, 0.15) is 5.75 Å². The number of H-pyrrole nitrogens is 1. The minimum Gasteiger partial charge on any atom is -0.490 e. The number of fused-ring (bicyclic) bond motifs is 1. The molecule has 4 aromatic rings. The first-order valence-corrected chi connectivity index (χ1v) is 13.6. The SMILES string of the molecule is CC(C)Oc1ccc(C#Cc2ccc(C(=O)NCCC(=O)O)cc2)cc1C(=O)N[C@@H](CO)Cc1c[nH]c2ccccc12. The summed E-state index contributed by atoms with van der Waals surface area (Å²) in [6, 6.07) is 19.1. The molecule has 216 valence electrons. The number of hydrogen-bond acceptors (Lipinski definition) is 5. The highest BCUT2D eigenvalue weighted by Gasteiger charge is 2.20. The molecule has 1 heterocycles. The Balaban J connectivity index is 1.49. The fourth-order valence-corrected chi connectivity index (χ4v) is 4.37. The van der Waals surface area contributed by atoms with Crippen molar-refractivity contribution in [2.45, 2.75) is 38.8 Å². The van der Waals surface area contributed by atoms with Gasteiger partial charge in [0.15, 0.2) is 0 Å². The van der Waals surface area contributed by atoms with E-state index in [0.29, 0.717) is 34.4 Å². The molecule has 0 aliphatic heterocycles. The summed E-state index contributed by atoms with van der Waals surface area (Å²) < 4.78 is 5.89. The Morgan fingerprint density at radius 1 is 0.952 bits per heavy atom. The molecule has 0 spiro atoms. The van der Waals surface area contributed by atoms with Gasteiger partial charge in [0, 0.05) is 40.3 Å². The summed E-state index contributed by atoms with van der Waals surface area (Å²) >= 11 is 0. The number of ether oxygens (including phenoxy) is 1. The zero-order valence-corrected chi connectivity index (χ0v) is 23.4. The van der Waals surface area contributed by atoms with E-state index in [-0.39, 0.29) is 37.5 Å². The van der Waals surface area contributed by atoms with Crippen LogP contribution < -0.4 is 15.4 Å². The lowest BCUT2D eigenvalue weighted by Crippen LogP contribution is -2.39. The van der Waals surface area contributed by atoms with Gasteiger partial charge in [-0.2, -0.15) is 0 Å². The van der Waals surface area contributed by atoms with E-state index in [1.54, 1.807) is 42.5 Å². The van der Waals surface area contributed by atoms with Gasteiger partial charge in [-0.1, -0.05) is 30.0 Å². The van der Waals surface area contributed by atoms with Gasteiger partial charge in [-0.15, -0.1) is 0 Å². The Bertz CT molecular complexity index is 1630. The molecule has 0 aliphatic rings. The van der Waals surface area contributed by atoms with E-state index in [2.05, 4.69) is 27.5 Å². The minimum absolute atomic E-state index is 0.0459. The smallest absolute Gasteiger partial charge is 0.305 e. The molecule has 0 bridgehead atoms. The highest BCUT2D eigenvalue weighted by molar-refractivity contribution is 5.97. The number of carboxylic acid groups (broad SMARTS) is 1. The Morgan fingerprint density at radius 2 is 1.67 bits per heavy atom. The molecule has 9 heteroatoms. The Hall–Kier alpha value is -5.07. The van der Waals surface area contributed by atoms with Crippen LogP contribution in [0.2, 0.25) is 0 Å². The number of aliphatic hydroxyl groups is 1. The number of aliphatic hydroxyl groups excluding tert-OH is 1. The lowest BCUT2D eigenvalue weighted by atomic mass is 10.0. The monoisotopic (exact) mass is 567 g/mol. The number of amides is 2. The predicted molar refractivity (Wildman–Crippen MR) is 160 cm³/mol. The van der Waals surface area contributed by atoms with Crippen LogP contribution in [0, 0.1) is 11.8 Å². The van der Waals surface area contributed by atoms with Crippen LogP contribution in [-0.4, -0.2) is 58.3 Å². The van der Waals surface area contributed by atoms with Gasteiger partial charge in [0.05, 0.1) is 30.7 Å². The molecule has 5 N–H and O–H groups in total. The first kappa shape index (κ1) is 29.9.